The third-order valence-electron chi connectivity index (χ3n) is 3.34. The number of carboxylic acid groups (broad SMARTS) is 1. The van der Waals surface area contributed by atoms with E-state index in [0.717, 1.165) is 11.3 Å². The molecule has 0 saturated carbocycles. The minimum Gasteiger partial charge on any atom is -0.497 e. The van der Waals surface area contributed by atoms with Crippen LogP contribution in [-0.4, -0.2) is 40.8 Å². The molecule has 1 amide bonds. The fourth-order valence-corrected chi connectivity index (χ4v) is 2.08. The number of ether oxygens (including phenoxy) is 1. The summed E-state index contributed by atoms with van der Waals surface area (Å²) in [5.41, 5.74) is 1.84. The van der Waals surface area contributed by atoms with Crippen LogP contribution in [0.25, 0.3) is 11.3 Å². The first-order valence-corrected chi connectivity index (χ1v) is 7.19. The van der Waals surface area contributed by atoms with Crippen molar-refractivity contribution in [3.63, 3.8) is 0 Å². The van der Waals surface area contributed by atoms with Gasteiger partial charge in [0.05, 0.1) is 12.8 Å². The molecule has 7 nitrogen and oxygen atoms in total. The lowest BCUT2D eigenvalue weighted by Crippen LogP contribution is -2.29. The number of carbonyl (C=O) groups excluding carboxylic acids is 1. The third-order valence-corrected chi connectivity index (χ3v) is 3.34. The van der Waals surface area contributed by atoms with E-state index < -0.39 is 5.97 Å². The summed E-state index contributed by atoms with van der Waals surface area (Å²) in [6, 6.07) is 8.99. The first-order chi connectivity index (χ1) is 11.0. The lowest BCUT2D eigenvalue weighted by atomic mass is 10.1. The summed E-state index contributed by atoms with van der Waals surface area (Å²) in [7, 11) is 1.59. The molecule has 7 heteroatoms. The number of carboxylic acids is 1. The van der Waals surface area contributed by atoms with Crippen molar-refractivity contribution in [2.24, 2.45) is 5.92 Å². The Kier molecular flexibility index (Phi) is 5.35. The molecule has 1 aromatic heterocycles. The standard InChI is InChI=1S/C16H19N3O4/c1-10(7-15(20)21)9-17-16(22)14-8-13(18-19-14)11-3-5-12(23-2)6-4-11/h3-6,8,10H,7,9H2,1-2H3,(H,17,22)(H,18,19)(H,20,21). The molecule has 0 aliphatic carbocycles. The molecule has 0 saturated heterocycles. The van der Waals surface area contributed by atoms with E-state index in [2.05, 4.69) is 15.5 Å². The molecule has 0 aliphatic heterocycles. The van der Waals surface area contributed by atoms with Gasteiger partial charge in [-0.1, -0.05) is 6.92 Å². The summed E-state index contributed by atoms with van der Waals surface area (Å²) in [4.78, 5) is 22.6. The van der Waals surface area contributed by atoms with E-state index in [9.17, 15) is 9.59 Å². The van der Waals surface area contributed by atoms with Gasteiger partial charge in [-0.25, -0.2) is 0 Å². The van der Waals surface area contributed by atoms with Crippen LogP contribution in [0.4, 0.5) is 0 Å². The molecule has 1 atom stereocenters. The Balaban J connectivity index is 1.97. The Morgan fingerprint density at radius 3 is 2.65 bits per heavy atom. The maximum Gasteiger partial charge on any atom is 0.303 e. The summed E-state index contributed by atoms with van der Waals surface area (Å²) in [6.45, 7) is 2.06. The molecule has 0 aliphatic rings. The highest BCUT2D eigenvalue weighted by Gasteiger charge is 2.13. The zero-order valence-electron chi connectivity index (χ0n) is 13.0. The van der Waals surface area contributed by atoms with Crippen LogP contribution in [0.3, 0.4) is 0 Å². The van der Waals surface area contributed by atoms with Crippen molar-refractivity contribution in [1.82, 2.24) is 15.5 Å². The second-order valence-corrected chi connectivity index (χ2v) is 5.31. The maximum absolute atomic E-state index is 12.0. The van der Waals surface area contributed by atoms with Crippen LogP contribution in [0.15, 0.2) is 30.3 Å². The highest BCUT2D eigenvalue weighted by molar-refractivity contribution is 5.93. The van der Waals surface area contributed by atoms with Crippen molar-refractivity contribution >= 4 is 11.9 Å². The van der Waals surface area contributed by atoms with Gasteiger partial charge in [0.25, 0.3) is 5.91 Å². The fourth-order valence-electron chi connectivity index (χ4n) is 2.08. The number of nitrogens with zero attached hydrogens (tertiary/aromatic N) is 1. The van der Waals surface area contributed by atoms with E-state index in [1.165, 1.54) is 0 Å². The largest absolute Gasteiger partial charge is 0.497 e. The summed E-state index contributed by atoms with van der Waals surface area (Å²) >= 11 is 0. The molecular weight excluding hydrogens is 298 g/mol. The number of amides is 1. The number of aliphatic carboxylic acids is 1. The first kappa shape index (κ1) is 16.5. The van der Waals surface area contributed by atoms with Crippen molar-refractivity contribution < 1.29 is 19.4 Å². The number of methoxy groups -OCH3 is 1. The van der Waals surface area contributed by atoms with Gasteiger partial charge in [0.2, 0.25) is 0 Å². The van der Waals surface area contributed by atoms with Gasteiger partial charge < -0.3 is 15.2 Å². The van der Waals surface area contributed by atoms with Gasteiger partial charge in [-0.2, -0.15) is 5.10 Å². The molecule has 1 aromatic carbocycles. The van der Waals surface area contributed by atoms with Crippen LogP contribution in [0, 0.1) is 5.92 Å². The minimum absolute atomic E-state index is 0.0142. The van der Waals surface area contributed by atoms with E-state index in [4.69, 9.17) is 9.84 Å². The second-order valence-electron chi connectivity index (χ2n) is 5.31. The van der Waals surface area contributed by atoms with Crippen molar-refractivity contribution in [3.8, 4) is 17.0 Å². The van der Waals surface area contributed by atoms with Gasteiger partial charge in [0.1, 0.15) is 11.4 Å². The summed E-state index contributed by atoms with van der Waals surface area (Å²) < 4.78 is 5.10. The van der Waals surface area contributed by atoms with Crippen LogP contribution in [0.5, 0.6) is 5.75 Å². The number of carbonyl (C=O) groups is 2. The normalized spacial score (nSPS) is 11.7. The van der Waals surface area contributed by atoms with E-state index in [1.807, 2.05) is 24.3 Å². The molecule has 0 bridgehead atoms. The number of aromatic nitrogens is 2. The number of hydrogen-bond donors (Lipinski definition) is 3. The van der Waals surface area contributed by atoms with Crippen molar-refractivity contribution in [2.75, 3.05) is 13.7 Å². The molecule has 3 N–H and O–H groups in total. The summed E-state index contributed by atoms with van der Waals surface area (Å²) in [6.07, 6.45) is 0.0142. The number of H-pyrrole nitrogens is 1. The predicted octanol–water partition coefficient (Wildman–Crippen LogP) is 1.93. The molecule has 0 fully saturated rings. The van der Waals surface area contributed by atoms with E-state index in [0.29, 0.717) is 17.9 Å². The van der Waals surface area contributed by atoms with E-state index in [1.54, 1.807) is 20.1 Å². The van der Waals surface area contributed by atoms with E-state index in [-0.39, 0.29) is 18.2 Å². The average Bonchev–Trinajstić information content (AvgIpc) is 3.02. The molecule has 1 heterocycles. The Hall–Kier alpha value is -2.83. The fraction of sp³-hybridized carbons (Fsp3) is 0.312. The molecule has 2 rings (SSSR count). The Bertz CT molecular complexity index is 679. The van der Waals surface area contributed by atoms with Gasteiger partial charge in [0.15, 0.2) is 0 Å². The molecular formula is C16H19N3O4. The number of rotatable bonds is 7. The van der Waals surface area contributed by atoms with Crippen molar-refractivity contribution in [2.45, 2.75) is 13.3 Å². The van der Waals surface area contributed by atoms with Gasteiger partial charge >= 0.3 is 5.97 Å². The number of aromatic amines is 1. The number of benzene rings is 1. The smallest absolute Gasteiger partial charge is 0.303 e. The highest BCUT2D eigenvalue weighted by Crippen LogP contribution is 2.21. The van der Waals surface area contributed by atoms with Gasteiger partial charge in [-0.3, -0.25) is 14.7 Å². The first-order valence-electron chi connectivity index (χ1n) is 7.19. The second kappa shape index (κ2) is 7.44. The molecule has 0 radical (unpaired) electrons. The third kappa shape index (κ3) is 4.57. The molecule has 2 aromatic rings. The maximum atomic E-state index is 12.0. The van der Waals surface area contributed by atoms with Crippen LogP contribution < -0.4 is 10.1 Å². The van der Waals surface area contributed by atoms with Crippen LogP contribution in [0.1, 0.15) is 23.8 Å². The van der Waals surface area contributed by atoms with Crippen LogP contribution in [-0.2, 0) is 4.79 Å². The minimum atomic E-state index is -0.880. The highest BCUT2D eigenvalue weighted by atomic mass is 16.5. The summed E-state index contributed by atoms with van der Waals surface area (Å²) in [5.74, 6) is -0.584. The van der Waals surface area contributed by atoms with Gasteiger partial charge in [-0.05, 0) is 36.2 Å². The average molecular weight is 317 g/mol. The van der Waals surface area contributed by atoms with Crippen LogP contribution >= 0.6 is 0 Å². The molecule has 23 heavy (non-hydrogen) atoms. The monoisotopic (exact) mass is 317 g/mol. The summed E-state index contributed by atoms with van der Waals surface area (Å²) in [5, 5.41) is 18.2. The van der Waals surface area contributed by atoms with Gasteiger partial charge in [-0.15, -0.1) is 0 Å². The predicted molar refractivity (Wildman–Crippen MR) is 84.3 cm³/mol. The Morgan fingerprint density at radius 2 is 2.04 bits per heavy atom. The van der Waals surface area contributed by atoms with Crippen molar-refractivity contribution in [1.29, 1.82) is 0 Å². The topological polar surface area (TPSA) is 104 Å². The SMILES string of the molecule is COc1ccc(-c2cc(C(=O)NCC(C)CC(=O)O)[nH]n2)cc1. The lowest BCUT2D eigenvalue weighted by molar-refractivity contribution is -0.137. The molecule has 122 valence electrons. The van der Waals surface area contributed by atoms with Crippen molar-refractivity contribution in [3.05, 3.63) is 36.0 Å². The van der Waals surface area contributed by atoms with Crippen LogP contribution in [0.2, 0.25) is 0 Å². The Labute approximate surface area is 133 Å². The Morgan fingerprint density at radius 1 is 1.35 bits per heavy atom. The molecule has 0 spiro atoms. The van der Waals surface area contributed by atoms with Gasteiger partial charge in [0, 0.05) is 18.5 Å². The van der Waals surface area contributed by atoms with E-state index >= 15 is 0 Å². The number of nitrogens with one attached hydrogen (secondary N) is 2. The zero-order valence-corrected chi connectivity index (χ0v) is 13.0. The lowest BCUT2D eigenvalue weighted by Gasteiger charge is -2.09. The zero-order chi connectivity index (χ0) is 16.8. The number of hydrogen-bond acceptors (Lipinski definition) is 4. The quantitative estimate of drug-likeness (QED) is 0.724. The molecule has 1 unspecified atom stereocenters.